The van der Waals surface area contributed by atoms with E-state index in [4.69, 9.17) is 4.42 Å². The first-order chi connectivity index (χ1) is 7.60. The summed E-state index contributed by atoms with van der Waals surface area (Å²) in [4.78, 5) is 16.2. The molecule has 0 radical (unpaired) electrons. The lowest BCUT2D eigenvalue weighted by molar-refractivity contribution is 0.0595. The van der Waals surface area contributed by atoms with E-state index in [1.807, 2.05) is 25.1 Å². The van der Waals surface area contributed by atoms with Gasteiger partial charge >= 0.3 is 5.97 Å². The Morgan fingerprint density at radius 2 is 2.25 bits per heavy atom. The Morgan fingerprint density at radius 3 is 2.81 bits per heavy atom. The lowest BCUT2D eigenvalue weighted by Crippen LogP contribution is -2.09. The molecule has 0 aliphatic heterocycles. The Labute approximate surface area is 93.0 Å². The Hall–Kier alpha value is -1.75. The van der Waals surface area contributed by atoms with Crippen molar-refractivity contribution in [2.75, 3.05) is 21.2 Å². The van der Waals surface area contributed by atoms with Crippen LogP contribution in [-0.4, -0.2) is 37.1 Å². The molecule has 0 aromatic carbocycles. The highest BCUT2D eigenvalue weighted by Crippen LogP contribution is 2.21. The summed E-state index contributed by atoms with van der Waals surface area (Å²) in [5, 5.41) is 0. The second-order valence-electron chi connectivity index (χ2n) is 3.90. The molecule has 2 aromatic rings. The van der Waals surface area contributed by atoms with Gasteiger partial charge in [-0.2, -0.15) is 0 Å². The van der Waals surface area contributed by atoms with Crippen molar-refractivity contribution < 1.29 is 13.9 Å². The largest absolute Gasteiger partial charge is 0.464 e. The zero-order valence-corrected chi connectivity index (χ0v) is 9.53. The van der Waals surface area contributed by atoms with Crippen molar-refractivity contribution >= 4 is 17.1 Å². The highest BCUT2D eigenvalue weighted by Gasteiger charge is 2.13. The molecular formula is C11H14N2O3. The van der Waals surface area contributed by atoms with Crippen LogP contribution in [0.3, 0.4) is 0 Å². The molecule has 86 valence electrons. The number of nitrogens with zero attached hydrogens (tertiary/aromatic N) is 1. The zero-order valence-electron chi connectivity index (χ0n) is 9.53. The number of esters is 1. The molecule has 0 unspecified atom stereocenters. The molecule has 0 bridgehead atoms. The summed E-state index contributed by atoms with van der Waals surface area (Å²) in [6, 6.07) is 3.54. The summed E-state index contributed by atoms with van der Waals surface area (Å²) in [5.41, 5.74) is 1.90. The number of ether oxygens (including phenoxy) is 1. The zero-order chi connectivity index (χ0) is 11.7. The molecule has 0 atom stereocenters. The fourth-order valence-corrected chi connectivity index (χ4v) is 1.58. The van der Waals surface area contributed by atoms with Crippen LogP contribution in [0, 0.1) is 0 Å². The first-order valence-electron chi connectivity index (χ1n) is 4.94. The summed E-state index contributed by atoms with van der Waals surface area (Å²) in [6.45, 7) is 0.732. The molecule has 0 fully saturated rings. The van der Waals surface area contributed by atoms with Gasteiger partial charge in [0.15, 0.2) is 5.58 Å². The molecule has 16 heavy (non-hydrogen) atoms. The summed E-state index contributed by atoms with van der Waals surface area (Å²) in [7, 11) is 5.29. The average molecular weight is 222 g/mol. The summed E-state index contributed by atoms with van der Waals surface area (Å²) < 4.78 is 10.2. The lowest BCUT2D eigenvalue weighted by atomic mass is 10.4. The molecule has 2 heterocycles. The molecule has 2 rings (SSSR count). The van der Waals surface area contributed by atoms with E-state index in [-0.39, 0.29) is 5.97 Å². The van der Waals surface area contributed by atoms with Crippen LogP contribution in [-0.2, 0) is 11.3 Å². The van der Waals surface area contributed by atoms with Gasteiger partial charge in [0.25, 0.3) is 0 Å². The van der Waals surface area contributed by atoms with Crippen LogP contribution in [0.1, 0.15) is 16.2 Å². The van der Waals surface area contributed by atoms with Gasteiger partial charge in [0.05, 0.1) is 19.2 Å². The first-order valence-corrected chi connectivity index (χ1v) is 4.94. The van der Waals surface area contributed by atoms with E-state index in [2.05, 4.69) is 9.72 Å². The number of carbonyl (C=O) groups excluding carboxylic acids is 1. The number of H-pyrrole nitrogens is 1. The summed E-state index contributed by atoms with van der Waals surface area (Å²) in [6.07, 6.45) is 0. The molecule has 0 spiro atoms. The minimum absolute atomic E-state index is 0.388. The molecule has 0 saturated heterocycles. The fourth-order valence-electron chi connectivity index (χ4n) is 1.58. The highest BCUT2D eigenvalue weighted by atomic mass is 16.5. The van der Waals surface area contributed by atoms with E-state index in [0.717, 1.165) is 17.8 Å². The van der Waals surface area contributed by atoms with Gasteiger partial charge in [-0.25, -0.2) is 4.79 Å². The summed E-state index contributed by atoms with van der Waals surface area (Å²) >= 11 is 0. The number of nitrogens with one attached hydrogen (secondary N) is 1. The SMILES string of the molecule is COC(=O)c1cc2oc(CN(C)C)cc2[nH]1. The molecule has 0 amide bonds. The summed E-state index contributed by atoms with van der Waals surface area (Å²) in [5.74, 6) is 0.475. The van der Waals surface area contributed by atoms with Gasteiger partial charge < -0.3 is 19.0 Å². The van der Waals surface area contributed by atoms with Crippen LogP contribution in [0.5, 0.6) is 0 Å². The first kappa shape index (κ1) is 10.8. The van der Waals surface area contributed by atoms with Crippen molar-refractivity contribution in [3.63, 3.8) is 0 Å². The van der Waals surface area contributed by atoms with Crippen LogP contribution in [0.2, 0.25) is 0 Å². The predicted octanol–water partition coefficient (Wildman–Crippen LogP) is 1.61. The highest BCUT2D eigenvalue weighted by molar-refractivity contribution is 5.93. The van der Waals surface area contributed by atoms with Crippen LogP contribution < -0.4 is 0 Å². The van der Waals surface area contributed by atoms with Gasteiger partial charge in [-0.05, 0) is 14.1 Å². The molecule has 1 N–H and O–H groups in total. The smallest absolute Gasteiger partial charge is 0.354 e. The standard InChI is InChI=1S/C11H14N2O3/c1-13(2)6-7-4-8-10(16-7)5-9(12-8)11(14)15-3/h4-5,12H,6H2,1-3H3. The Balaban J connectivity index is 2.29. The van der Waals surface area contributed by atoms with Crippen molar-refractivity contribution in [1.29, 1.82) is 0 Å². The van der Waals surface area contributed by atoms with E-state index in [9.17, 15) is 4.79 Å². The van der Waals surface area contributed by atoms with Crippen LogP contribution >= 0.6 is 0 Å². The molecule has 2 aromatic heterocycles. The van der Waals surface area contributed by atoms with Crippen molar-refractivity contribution in [3.8, 4) is 0 Å². The van der Waals surface area contributed by atoms with E-state index in [0.29, 0.717) is 11.3 Å². The monoisotopic (exact) mass is 222 g/mol. The third-order valence-corrected chi connectivity index (χ3v) is 2.23. The van der Waals surface area contributed by atoms with E-state index in [1.54, 1.807) is 6.07 Å². The van der Waals surface area contributed by atoms with Gasteiger partial charge in [0.1, 0.15) is 11.5 Å². The molecule has 5 heteroatoms. The minimum Gasteiger partial charge on any atom is -0.464 e. The van der Waals surface area contributed by atoms with Crippen molar-refractivity contribution in [1.82, 2.24) is 9.88 Å². The van der Waals surface area contributed by atoms with Crippen molar-refractivity contribution in [2.24, 2.45) is 0 Å². The van der Waals surface area contributed by atoms with E-state index >= 15 is 0 Å². The van der Waals surface area contributed by atoms with E-state index in [1.165, 1.54) is 7.11 Å². The number of carbonyl (C=O) groups is 1. The number of furan rings is 1. The minimum atomic E-state index is -0.388. The molecule has 0 aliphatic rings. The number of rotatable bonds is 3. The lowest BCUT2D eigenvalue weighted by Gasteiger charge is -2.05. The number of hydrogen-bond acceptors (Lipinski definition) is 4. The number of hydrogen-bond donors (Lipinski definition) is 1. The number of fused-ring (bicyclic) bond motifs is 1. The average Bonchev–Trinajstić information content (AvgIpc) is 2.72. The second-order valence-corrected chi connectivity index (χ2v) is 3.90. The second kappa shape index (κ2) is 4.02. The molecular weight excluding hydrogens is 208 g/mol. The topological polar surface area (TPSA) is 58.5 Å². The van der Waals surface area contributed by atoms with Gasteiger partial charge in [-0.15, -0.1) is 0 Å². The van der Waals surface area contributed by atoms with Gasteiger partial charge in [0, 0.05) is 12.1 Å². The van der Waals surface area contributed by atoms with Crippen LogP contribution in [0.25, 0.3) is 11.1 Å². The van der Waals surface area contributed by atoms with Gasteiger partial charge in [-0.1, -0.05) is 0 Å². The van der Waals surface area contributed by atoms with Crippen LogP contribution in [0.4, 0.5) is 0 Å². The number of aromatic amines is 1. The molecule has 5 nitrogen and oxygen atoms in total. The quantitative estimate of drug-likeness (QED) is 0.801. The normalized spacial score (nSPS) is 11.2. The maximum Gasteiger partial charge on any atom is 0.354 e. The Bertz CT molecular complexity index is 479. The predicted molar refractivity (Wildman–Crippen MR) is 59.3 cm³/mol. The maximum atomic E-state index is 11.2. The van der Waals surface area contributed by atoms with Crippen molar-refractivity contribution in [2.45, 2.75) is 6.54 Å². The third-order valence-electron chi connectivity index (χ3n) is 2.23. The Kier molecular flexibility index (Phi) is 2.70. The van der Waals surface area contributed by atoms with Crippen molar-refractivity contribution in [3.05, 3.63) is 23.6 Å². The molecule has 0 aliphatic carbocycles. The molecule has 0 saturated carbocycles. The third kappa shape index (κ3) is 1.94. The Morgan fingerprint density at radius 1 is 1.50 bits per heavy atom. The van der Waals surface area contributed by atoms with E-state index < -0.39 is 0 Å². The van der Waals surface area contributed by atoms with Gasteiger partial charge in [0.2, 0.25) is 0 Å². The number of methoxy groups -OCH3 is 1. The fraction of sp³-hybridized carbons (Fsp3) is 0.364. The van der Waals surface area contributed by atoms with Crippen LogP contribution in [0.15, 0.2) is 16.5 Å². The maximum absolute atomic E-state index is 11.2. The number of aromatic nitrogens is 1. The van der Waals surface area contributed by atoms with Gasteiger partial charge in [-0.3, -0.25) is 0 Å².